The summed E-state index contributed by atoms with van der Waals surface area (Å²) < 4.78 is 0. The van der Waals surface area contributed by atoms with Crippen molar-refractivity contribution >= 4 is 41.5 Å². The standard InChI is InChI=1S/C22H26Cl2N2O2.ClH/c1-25(22(28)14-17-6-9-20(23)21(24)13-17)18(15-26-10-2-3-11-26)12-16-4-7-19(27)8-5-16;/h4-9,13,18,27H,2-3,10-12,14-15H2,1H3;1H/t18-;/m1./s1. The third kappa shape index (κ3) is 6.78. The smallest absolute Gasteiger partial charge is 0.227 e. The van der Waals surface area contributed by atoms with Crippen molar-refractivity contribution in [3.63, 3.8) is 0 Å². The molecule has 4 nitrogen and oxygen atoms in total. The second-order valence-electron chi connectivity index (χ2n) is 7.46. The van der Waals surface area contributed by atoms with Crippen LogP contribution in [0.2, 0.25) is 10.0 Å². The van der Waals surface area contributed by atoms with E-state index in [1.165, 1.54) is 12.8 Å². The molecule has 0 saturated carbocycles. The molecule has 7 heteroatoms. The molecule has 1 fully saturated rings. The quantitative estimate of drug-likeness (QED) is 0.648. The predicted octanol–water partition coefficient (Wildman–Crippen LogP) is 4.83. The summed E-state index contributed by atoms with van der Waals surface area (Å²) in [5, 5.41) is 10.5. The van der Waals surface area contributed by atoms with Crippen molar-refractivity contribution in [2.24, 2.45) is 0 Å². The first kappa shape index (κ1) is 23.8. The van der Waals surface area contributed by atoms with Gasteiger partial charge in [-0.25, -0.2) is 0 Å². The summed E-state index contributed by atoms with van der Waals surface area (Å²) in [6.07, 6.45) is 3.47. The highest BCUT2D eigenvalue weighted by molar-refractivity contribution is 6.42. The maximum atomic E-state index is 13.0. The molecule has 1 atom stereocenters. The van der Waals surface area contributed by atoms with Crippen LogP contribution >= 0.6 is 35.6 Å². The molecule has 0 bridgehead atoms. The molecule has 3 rings (SSSR count). The van der Waals surface area contributed by atoms with E-state index in [-0.39, 0.29) is 30.1 Å². The molecule has 158 valence electrons. The molecule has 1 amide bonds. The first-order valence-electron chi connectivity index (χ1n) is 9.62. The molecular weight excluding hydrogens is 431 g/mol. The van der Waals surface area contributed by atoms with Crippen LogP contribution in [-0.2, 0) is 17.6 Å². The third-order valence-corrected chi connectivity index (χ3v) is 6.09. The van der Waals surface area contributed by atoms with E-state index in [2.05, 4.69) is 4.90 Å². The van der Waals surface area contributed by atoms with E-state index in [0.29, 0.717) is 16.5 Å². The Morgan fingerprint density at radius 3 is 2.31 bits per heavy atom. The van der Waals surface area contributed by atoms with E-state index < -0.39 is 0 Å². The molecule has 0 aliphatic carbocycles. The van der Waals surface area contributed by atoms with Crippen LogP contribution in [0.4, 0.5) is 0 Å². The second-order valence-corrected chi connectivity index (χ2v) is 8.28. The number of phenolic OH excluding ortho intramolecular Hbond substituents is 1. The Hall–Kier alpha value is -1.46. The maximum absolute atomic E-state index is 13.0. The molecule has 1 aliphatic rings. The van der Waals surface area contributed by atoms with Gasteiger partial charge in [0.2, 0.25) is 5.91 Å². The minimum absolute atomic E-state index is 0. The highest BCUT2D eigenvalue weighted by atomic mass is 35.5. The normalized spacial score (nSPS) is 15.0. The van der Waals surface area contributed by atoms with E-state index in [4.69, 9.17) is 23.2 Å². The van der Waals surface area contributed by atoms with Gasteiger partial charge >= 0.3 is 0 Å². The summed E-state index contributed by atoms with van der Waals surface area (Å²) in [5.74, 6) is 0.310. The van der Waals surface area contributed by atoms with Gasteiger partial charge in [-0.1, -0.05) is 41.4 Å². The lowest BCUT2D eigenvalue weighted by molar-refractivity contribution is -0.131. The van der Waals surface area contributed by atoms with Crippen molar-refractivity contribution in [1.82, 2.24) is 9.80 Å². The van der Waals surface area contributed by atoms with E-state index in [9.17, 15) is 9.90 Å². The first-order chi connectivity index (χ1) is 13.4. The molecule has 1 heterocycles. The van der Waals surface area contributed by atoms with Crippen LogP contribution in [0.15, 0.2) is 42.5 Å². The van der Waals surface area contributed by atoms with Crippen LogP contribution in [0.1, 0.15) is 24.0 Å². The van der Waals surface area contributed by atoms with Crippen molar-refractivity contribution in [2.45, 2.75) is 31.7 Å². The Balaban J connectivity index is 0.00000300. The van der Waals surface area contributed by atoms with E-state index in [0.717, 1.165) is 37.2 Å². The van der Waals surface area contributed by atoms with Gasteiger partial charge in [0, 0.05) is 19.6 Å². The summed E-state index contributed by atoms with van der Waals surface area (Å²) >= 11 is 12.1. The number of rotatable bonds is 7. The second kappa shape index (κ2) is 11.1. The lowest BCUT2D eigenvalue weighted by atomic mass is 10.0. The third-order valence-electron chi connectivity index (χ3n) is 5.36. The number of benzene rings is 2. The first-order valence-corrected chi connectivity index (χ1v) is 10.4. The number of nitrogens with zero attached hydrogens (tertiary/aromatic N) is 2. The number of likely N-dealkylation sites (N-methyl/N-ethyl adjacent to an activating group) is 1. The lowest BCUT2D eigenvalue weighted by Crippen LogP contribution is -2.46. The lowest BCUT2D eigenvalue weighted by Gasteiger charge is -2.32. The Labute approximate surface area is 188 Å². The number of amides is 1. The number of hydrogen-bond acceptors (Lipinski definition) is 3. The zero-order chi connectivity index (χ0) is 20.1. The van der Waals surface area contributed by atoms with Crippen LogP contribution in [0.3, 0.4) is 0 Å². The molecule has 1 saturated heterocycles. The van der Waals surface area contributed by atoms with Gasteiger partial charge in [0.15, 0.2) is 0 Å². The Kier molecular flexibility index (Phi) is 9.09. The molecule has 1 aliphatic heterocycles. The number of carbonyl (C=O) groups is 1. The predicted molar refractivity (Wildman–Crippen MR) is 121 cm³/mol. The number of halogens is 3. The zero-order valence-electron chi connectivity index (χ0n) is 16.5. The Morgan fingerprint density at radius 2 is 1.69 bits per heavy atom. The molecule has 0 radical (unpaired) electrons. The molecule has 1 N–H and O–H groups in total. The fourth-order valence-corrected chi connectivity index (χ4v) is 3.96. The Morgan fingerprint density at radius 1 is 1.07 bits per heavy atom. The van der Waals surface area contributed by atoms with Crippen LogP contribution in [0.5, 0.6) is 5.75 Å². The number of aromatic hydroxyl groups is 1. The van der Waals surface area contributed by atoms with Gasteiger partial charge in [-0.15, -0.1) is 12.4 Å². The number of hydrogen-bond donors (Lipinski definition) is 1. The molecule has 2 aromatic carbocycles. The van der Waals surface area contributed by atoms with Crippen LogP contribution in [0.25, 0.3) is 0 Å². The molecule has 29 heavy (non-hydrogen) atoms. The van der Waals surface area contributed by atoms with Crippen LogP contribution in [0, 0.1) is 0 Å². The maximum Gasteiger partial charge on any atom is 0.227 e. The van der Waals surface area contributed by atoms with E-state index in [1.54, 1.807) is 24.3 Å². The number of phenols is 1. The van der Waals surface area contributed by atoms with Crippen molar-refractivity contribution in [2.75, 3.05) is 26.7 Å². The molecular formula is C22H27Cl3N2O2. The van der Waals surface area contributed by atoms with Crippen molar-refractivity contribution in [1.29, 1.82) is 0 Å². The average molecular weight is 458 g/mol. The largest absolute Gasteiger partial charge is 0.508 e. The van der Waals surface area contributed by atoms with Gasteiger partial charge < -0.3 is 14.9 Å². The molecule has 0 spiro atoms. The Bertz CT molecular complexity index is 808. The van der Waals surface area contributed by atoms with Gasteiger partial charge in [0.25, 0.3) is 0 Å². The summed E-state index contributed by atoms with van der Waals surface area (Å²) in [7, 11) is 1.88. The van der Waals surface area contributed by atoms with Crippen molar-refractivity contribution in [3.05, 3.63) is 63.6 Å². The SMILES string of the molecule is CN(C(=O)Cc1ccc(Cl)c(Cl)c1)[C@H](Cc1ccc(O)cc1)CN1CCCC1.Cl. The fourth-order valence-electron chi connectivity index (χ4n) is 3.64. The molecule has 0 aromatic heterocycles. The van der Waals surface area contributed by atoms with Gasteiger partial charge in [-0.2, -0.15) is 0 Å². The average Bonchev–Trinajstić information content (AvgIpc) is 3.18. The highest BCUT2D eigenvalue weighted by Gasteiger charge is 2.24. The van der Waals surface area contributed by atoms with Gasteiger partial charge in [-0.3, -0.25) is 4.79 Å². The van der Waals surface area contributed by atoms with Crippen molar-refractivity contribution < 1.29 is 9.90 Å². The van der Waals surface area contributed by atoms with Crippen LogP contribution in [-0.4, -0.2) is 53.5 Å². The monoisotopic (exact) mass is 456 g/mol. The topological polar surface area (TPSA) is 43.8 Å². The highest BCUT2D eigenvalue weighted by Crippen LogP contribution is 2.23. The fraction of sp³-hybridized carbons (Fsp3) is 0.409. The van der Waals surface area contributed by atoms with Crippen LogP contribution < -0.4 is 0 Å². The number of likely N-dealkylation sites (tertiary alicyclic amines) is 1. The van der Waals surface area contributed by atoms with Gasteiger partial charge in [0.1, 0.15) is 5.75 Å². The van der Waals surface area contributed by atoms with E-state index >= 15 is 0 Å². The molecule has 0 unspecified atom stereocenters. The van der Waals surface area contributed by atoms with Crippen molar-refractivity contribution in [3.8, 4) is 5.75 Å². The summed E-state index contributed by atoms with van der Waals surface area (Å²) in [4.78, 5) is 17.2. The summed E-state index contributed by atoms with van der Waals surface area (Å²) in [6.45, 7) is 3.02. The summed E-state index contributed by atoms with van der Waals surface area (Å²) in [6, 6.07) is 12.6. The summed E-state index contributed by atoms with van der Waals surface area (Å²) in [5.41, 5.74) is 1.96. The minimum atomic E-state index is 0. The minimum Gasteiger partial charge on any atom is -0.508 e. The molecule has 2 aromatic rings. The van der Waals surface area contributed by atoms with Gasteiger partial charge in [-0.05, 0) is 67.7 Å². The van der Waals surface area contributed by atoms with E-state index in [1.807, 2.05) is 30.1 Å². The zero-order valence-corrected chi connectivity index (χ0v) is 18.8. The van der Waals surface area contributed by atoms with Gasteiger partial charge in [0.05, 0.1) is 16.5 Å². The number of carbonyl (C=O) groups excluding carboxylic acids is 1.